The third-order valence-corrected chi connectivity index (χ3v) is 2.73. The fourth-order valence-electron chi connectivity index (χ4n) is 1.10. The first-order valence-corrected chi connectivity index (χ1v) is 5.74. The second-order valence-corrected chi connectivity index (χ2v) is 4.05. The molecule has 0 radical (unpaired) electrons. The zero-order chi connectivity index (χ0) is 10.2. The van der Waals surface area contributed by atoms with Gasteiger partial charge in [0.15, 0.2) is 0 Å². The minimum atomic E-state index is 0.323. The van der Waals surface area contributed by atoms with Gasteiger partial charge in [-0.2, -0.15) is 5.10 Å². The maximum absolute atomic E-state index is 5.14. The van der Waals surface area contributed by atoms with Crippen molar-refractivity contribution >= 4 is 11.8 Å². The van der Waals surface area contributed by atoms with E-state index in [2.05, 4.69) is 28.4 Å². The van der Waals surface area contributed by atoms with Crippen molar-refractivity contribution in [2.24, 2.45) is 0 Å². The molecule has 1 heterocycles. The third-order valence-electron chi connectivity index (χ3n) is 1.87. The van der Waals surface area contributed by atoms with Gasteiger partial charge >= 0.3 is 0 Å². The van der Waals surface area contributed by atoms with E-state index in [1.54, 1.807) is 18.0 Å². The fraction of sp³-hybridized carbons (Fsp3) is 0.500. The predicted molar refractivity (Wildman–Crippen MR) is 61.2 cm³/mol. The average molecular weight is 209 g/mol. The Hall–Kier alpha value is -0.920. The molecule has 0 aliphatic carbocycles. The van der Waals surface area contributed by atoms with Gasteiger partial charge in [-0.1, -0.05) is 5.92 Å². The molecule has 0 fully saturated rings. The van der Waals surface area contributed by atoms with Gasteiger partial charge in [0.25, 0.3) is 0 Å². The molecule has 0 saturated carbocycles. The number of aromatic amines is 1. The number of rotatable bonds is 6. The minimum Gasteiger partial charge on any atom is -0.308 e. The summed E-state index contributed by atoms with van der Waals surface area (Å²) in [4.78, 5) is 0. The van der Waals surface area contributed by atoms with Crippen molar-refractivity contribution in [2.75, 3.05) is 18.1 Å². The van der Waals surface area contributed by atoms with Crippen LogP contribution >= 0.6 is 11.8 Å². The zero-order valence-corrected chi connectivity index (χ0v) is 9.10. The molecule has 1 rings (SSSR count). The third kappa shape index (κ3) is 3.86. The van der Waals surface area contributed by atoms with Gasteiger partial charge in [0.2, 0.25) is 0 Å². The molecular formula is C10H15N3S. The Balaban J connectivity index is 2.10. The van der Waals surface area contributed by atoms with Gasteiger partial charge in [-0.15, -0.1) is 18.2 Å². The van der Waals surface area contributed by atoms with Gasteiger partial charge in [-0.25, -0.2) is 0 Å². The predicted octanol–water partition coefficient (Wildman–Crippen LogP) is 1.43. The van der Waals surface area contributed by atoms with E-state index in [0.717, 1.165) is 23.7 Å². The summed E-state index contributed by atoms with van der Waals surface area (Å²) in [5.74, 6) is 4.44. The molecule has 1 aromatic heterocycles. The maximum atomic E-state index is 5.14. The molecule has 0 aromatic carbocycles. The van der Waals surface area contributed by atoms with E-state index in [0.29, 0.717) is 6.04 Å². The van der Waals surface area contributed by atoms with Gasteiger partial charge in [-0.05, 0) is 13.0 Å². The summed E-state index contributed by atoms with van der Waals surface area (Å²) in [6, 6.07) is 2.30. The lowest BCUT2D eigenvalue weighted by atomic mass is 10.2. The molecule has 0 aliphatic rings. The second kappa shape index (κ2) is 6.52. The zero-order valence-electron chi connectivity index (χ0n) is 8.29. The number of nitrogens with one attached hydrogen (secondary N) is 2. The maximum Gasteiger partial charge on any atom is 0.0545 e. The van der Waals surface area contributed by atoms with E-state index in [9.17, 15) is 0 Å². The Morgan fingerprint density at radius 2 is 2.64 bits per heavy atom. The Kier molecular flexibility index (Phi) is 5.20. The van der Waals surface area contributed by atoms with Crippen molar-refractivity contribution in [2.45, 2.75) is 13.0 Å². The van der Waals surface area contributed by atoms with Gasteiger partial charge in [0, 0.05) is 24.5 Å². The Morgan fingerprint density at radius 3 is 3.29 bits per heavy atom. The van der Waals surface area contributed by atoms with Crippen LogP contribution in [0.1, 0.15) is 18.7 Å². The Bertz CT molecular complexity index is 276. The molecular weight excluding hydrogens is 194 g/mol. The number of H-pyrrole nitrogens is 1. The molecule has 76 valence electrons. The molecule has 3 nitrogen and oxygen atoms in total. The molecule has 1 atom stereocenters. The normalized spacial score (nSPS) is 12.3. The van der Waals surface area contributed by atoms with Crippen molar-refractivity contribution in [3.63, 3.8) is 0 Å². The van der Waals surface area contributed by atoms with Gasteiger partial charge in [-0.3, -0.25) is 5.10 Å². The monoisotopic (exact) mass is 209 g/mol. The van der Waals surface area contributed by atoms with Crippen LogP contribution in [-0.2, 0) is 0 Å². The smallest absolute Gasteiger partial charge is 0.0545 e. The largest absolute Gasteiger partial charge is 0.308 e. The number of terminal acetylenes is 1. The van der Waals surface area contributed by atoms with E-state index in [4.69, 9.17) is 6.42 Å². The highest BCUT2D eigenvalue weighted by atomic mass is 32.2. The van der Waals surface area contributed by atoms with E-state index in [-0.39, 0.29) is 0 Å². The molecule has 0 bridgehead atoms. The minimum absolute atomic E-state index is 0.323. The molecule has 0 amide bonds. The number of aromatic nitrogens is 2. The van der Waals surface area contributed by atoms with Crippen molar-refractivity contribution in [1.82, 2.24) is 15.5 Å². The lowest BCUT2D eigenvalue weighted by Crippen LogP contribution is -2.21. The van der Waals surface area contributed by atoms with Gasteiger partial charge in [0.05, 0.1) is 11.4 Å². The highest BCUT2D eigenvalue weighted by Crippen LogP contribution is 2.07. The SMILES string of the molecule is C#CCSCCNC(C)c1ccn[nH]1. The van der Waals surface area contributed by atoms with E-state index < -0.39 is 0 Å². The van der Waals surface area contributed by atoms with Crippen molar-refractivity contribution in [1.29, 1.82) is 0 Å². The van der Waals surface area contributed by atoms with Crippen LogP contribution in [-0.4, -0.2) is 28.2 Å². The summed E-state index contributed by atoms with van der Waals surface area (Å²) in [6.07, 6.45) is 6.91. The van der Waals surface area contributed by atoms with Crippen molar-refractivity contribution < 1.29 is 0 Å². The van der Waals surface area contributed by atoms with Gasteiger partial charge < -0.3 is 5.32 Å². The summed E-state index contributed by atoms with van der Waals surface area (Å²) in [6.45, 7) is 3.08. The topological polar surface area (TPSA) is 40.7 Å². The van der Waals surface area contributed by atoms with Crippen LogP contribution in [0.3, 0.4) is 0 Å². The quantitative estimate of drug-likeness (QED) is 0.550. The molecule has 1 unspecified atom stereocenters. The van der Waals surface area contributed by atoms with E-state index in [1.165, 1.54) is 0 Å². The summed E-state index contributed by atoms with van der Waals surface area (Å²) < 4.78 is 0. The molecule has 0 spiro atoms. The van der Waals surface area contributed by atoms with Gasteiger partial charge in [0.1, 0.15) is 0 Å². The first-order chi connectivity index (χ1) is 6.84. The van der Waals surface area contributed by atoms with E-state index in [1.807, 2.05) is 6.07 Å². The average Bonchev–Trinajstić information content (AvgIpc) is 2.70. The molecule has 0 aliphatic heterocycles. The lowest BCUT2D eigenvalue weighted by Gasteiger charge is -2.10. The Morgan fingerprint density at radius 1 is 1.79 bits per heavy atom. The highest BCUT2D eigenvalue weighted by molar-refractivity contribution is 7.99. The highest BCUT2D eigenvalue weighted by Gasteiger charge is 2.04. The standard InChI is InChI=1S/C10H15N3S/c1-3-7-14-8-6-11-9(2)10-4-5-12-13-10/h1,4-5,9,11H,6-8H2,2H3,(H,12,13). The number of hydrogen-bond acceptors (Lipinski definition) is 3. The van der Waals surface area contributed by atoms with Crippen molar-refractivity contribution in [3.8, 4) is 12.3 Å². The molecule has 0 saturated heterocycles. The first kappa shape index (κ1) is 11.2. The number of thioether (sulfide) groups is 1. The summed E-state index contributed by atoms with van der Waals surface area (Å²) >= 11 is 1.77. The fourth-order valence-corrected chi connectivity index (χ4v) is 1.62. The lowest BCUT2D eigenvalue weighted by molar-refractivity contribution is 0.585. The van der Waals surface area contributed by atoms with Crippen LogP contribution in [0.2, 0.25) is 0 Å². The summed E-state index contributed by atoms with van der Waals surface area (Å²) in [7, 11) is 0. The second-order valence-electron chi connectivity index (χ2n) is 2.94. The molecule has 2 N–H and O–H groups in total. The number of nitrogens with zero attached hydrogens (tertiary/aromatic N) is 1. The molecule has 4 heteroatoms. The van der Waals surface area contributed by atoms with Crippen LogP contribution in [0.4, 0.5) is 0 Å². The van der Waals surface area contributed by atoms with Crippen LogP contribution < -0.4 is 5.32 Å². The van der Waals surface area contributed by atoms with Crippen LogP contribution in [0.15, 0.2) is 12.3 Å². The number of hydrogen-bond donors (Lipinski definition) is 2. The van der Waals surface area contributed by atoms with Crippen LogP contribution in [0.25, 0.3) is 0 Å². The first-order valence-electron chi connectivity index (χ1n) is 4.58. The summed E-state index contributed by atoms with van der Waals surface area (Å²) in [5.41, 5.74) is 1.12. The van der Waals surface area contributed by atoms with Crippen LogP contribution in [0, 0.1) is 12.3 Å². The van der Waals surface area contributed by atoms with E-state index >= 15 is 0 Å². The Labute approximate surface area is 89.1 Å². The van der Waals surface area contributed by atoms with Crippen molar-refractivity contribution in [3.05, 3.63) is 18.0 Å². The molecule has 1 aromatic rings. The molecule has 14 heavy (non-hydrogen) atoms. The summed E-state index contributed by atoms with van der Waals surface area (Å²) in [5, 5.41) is 10.2. The van der Waals surface area contributed by atoms with Crippen LogP contribution in [0.5, 0.6) is 0 Å².